The van der Waals surface area contributed by atoms with Crippen LogP contribution >= 0.6 is 11.6 Å². The molecular weight excluding hydrogens is 502 g/mol. The molecule has 2 amide bonds. The van der Waals surface area contributed by atoms with E-state index in [-0.39, 0.29) is 29.8 Å². The molecule has 10 heteroatoms. The minimum atomic E-state index is -3.89. The summed E-state index contributed by atoms with van der Waals surface area (Å²) < 4.78 is 26.3. The van der Waals surface area contributed by atoms with Crippen molar-refractivity contribution in [3.8, 4) is 0 Å². The molecule has 2 aromatic carbocycles. The number of hydrogen-bond acceptors (Lipinski definition) is 5. The van der Waals surface area contributed by atoms with Gasteiger partial charge in [0, 0.05) is 23.7 Å². The fourth-order valence-corrected chi connectivity index (χ4v) is 4.59. The molecular formula is C26H34ClN3O5S. The summed E-state index contributed by atoms with van der Waals surface area (Å²) in [5.41, 5.74) is 1.26. The monoisotopic (exact) mass is 535 g/mol. The number of carbonyl (C=O) groups is 3. The van der Waals surface area contributed by atoms with E-state index in [1.807, 2.05) is 13.8 Å². The Labute approximate surface area is 218 Å². The van der Waals surface area contributed by atoms with Crippen LogP contribution in [0, 0.1) is 5.92 Å². The Hall–Kier alpha value is -2.91. The number of amides is 2. The Morgan fingerprint density at radius 2 is 1.69 bits per heavy atom. The second kappa shape index (κ2) is 12.9. The summed E-state index contributed by atoms with van der Waals surface area (Å²) in [5.74, 6) is -0.858. The van der Waals surface area contributed by atoms with Crippen LogP contribution in [0.2, 0.25) is 5.02 Å². The van der Waals surface area contributed by atoms with Crippen LogP contribution in [0.1, 0.15) is 50.0 Å². The van der Waals surface area contributed by atoms with Crippen LogP contribution in [0.25, 0.3) is 0 Å². The van der Waals surface area contributed by atoms with Crippen molar-refractivity contribution in [2.75, 3.05) is 23.7 Å². The molecule has 1 unspecified atom stereocenters. The Balaban J connectivity index is 2.45. The summed E-state index contributed by atoms with van der Waals surface area (Å²) in [7, 11) is -3.89. The van der Waals surface area contributed by atoms with Crippen molar-refractivity contribution in [1.82, 2.24) is 10.2 Å². The van der Waals surface area contributed by atoms with Crippen LogP contribution in [-0.2, 0) is 26.2 Å². The van der Waals surface area contributed by atoms with Gasteiger partial charge in [-0.2, -0.15) is 0 Å². The molecule has 0 saturated carbocycles. The molecule has 0 fully saturated rings. The third-order valence-electron chi connectivity index (χ3n) is 5.56. The van der Waals surface area contributed by atoms with Crippen LogP contribution in [0.3, 0.4) is 0 Å². The Morgan fingerprint density at radius 3 is 2.22 bits per heavy atom. The number of Topliss-reactive ketones (excluding diaryl/α,β-unsaturated/α-hetero) is 1. The highest BCUT2D eigenvalue weighted by molar-refractivity contribution is 7.92. The van der Waals surface area contributed by atoms with Crippen molar-refractivity contribution in [3.05, 3.63) is 64.7 Å². The number of halogens is 1. The second-order valence-corrected chi connectivity index (χ2v) is 11.4. The minimum Gasteiger partial charge on any atom is -0.354 e. The normalized spacial score (nSPS) is 12.2. The SMILES string of the molecule is CCC(C(=O)NCC(C)C)N(Cc1ccc(Cl)cc1)C(=O)CN(c1cccc(C(C)=O)c1)S(C)(=O)=O. The van der Waals surface area contributed by atoms with Crippen LogP contribution < -0.4 is 9.62 Å². The van der Waals surface area contributed by atoms with Crippen molar-refractivity contribution >= 4 is 44.9 Å². The number of nitrogens with one attached hydrogen (secondary N) is 1. The summed E-state index contributed by atoms with van der Waals surface area (Å²) in [4.78, 5) is 39.9. The molecule has 0 aromatic heterocycles. The molecule has 0 aliphatic heterocycles. The number of ketones is 1. The molecule has 1 atom stereocenters. The first kappa shape index (κ1) is 29.3. The molecule has 0 radical (unpaired) electrons. The van der Waals surface area contributed by atoms with Gasteiger partial charge in [0.05, 0.1) is 11.9 Å². The zero-order chi connectivity index (χ0) is 27.0. The van der Waals surface area contributed by atoms with Crippen LogP contribution in [0.4, 0.5) is 5.69 Å². The molecule has 196 valence electrons. The van der Waals surface area contributed by atoms with Crippen molar-refractivity contribution in [1.29, 1.82) is 0 Å². The Kier molecular flexibility index (Phi) is 10.5. The van der Waals surface area contributed by atoms with E-state index in [1.54, 1.807) is 43.3 Å². The number of nitrogens with zero attached hydrogens (tertiary/aromatic N) is 2. The van der Waals surface area contributed by atoms with Gasteiger partial charge in [0.2, 0.25) is 21.8 Å². The minimum absolute atomic E-state index is 0.0920. The fraction of sp³-hybridized carbons (Fsp3) is 0.423. The largest absolute Gasteiger partial charge is 0.354 e. The average Bonchev–Trinajstić information content (AvgIpc) is 2.81. The maximum absolute atomic E-state index is 13.7. The predicted octanol–water partition coefficient (Wildman–Crippen LogP) is 3.89. The smallest absolute Gasteiger partial charge is 0.244 e. The molecule has 2 aromatic rings. The van der Waals surface area contributed by atoms with E-state index < -0.39 is 28.5 Å². The van der Waals surface area contributed by atoms with Gasteiger partial charge >= 0.3 is 0 Å². The van der Waals surface area contributed by atoms with E-state index in [1.165, 1.54) is 24.0 Å². The molecule has 36 heavy (non-hydrogen) atoms. The molecule has 0 bridgehead atoms. The van der Waals surface area contributed by atoms with E-state index in [2.05, 4.69) is 5.32 Å². The van der Waals surface area contributed by atoms with Gasteiger partial charge in [0.1, 0.15) is 12.6 Å². The summed E-state index contributed by atoms with van der Waals surface area (Å²) in [5, 5.41) is 3.41. The molecule has 0 saturated heterocycles. The van der Waals surface area contributed by atoms with Crippen LogP contribution in [0.5, 0.6) is 0 Å². The molecule has 0 aliphatic carbocycles. The number of carbonyl (C=O) groups excluding carboxylic acids is 3. The Morgan fingerprint density at radius 1 is 1.06 bits per heavy atom. The maximum atomic E-state index is 13.7. The van der Waals surface area contributed by atoms with Gasteiger partial charge in [-0.25, -0.2) is 8.42 Å². The number of hydrogen-bond donors (Lipinski definition) is 1. The van der Waals surface area contributed by atoms with Gasteiger partial charge < -0.3 is 10.2 Å². The zero-order valence-corrected chi connectivity index (χ0v) is 22.9. The maximum Gasteiger partial charge on any atom is 0.244 e. The highest BCUT2D eigenvalue weighted by Gasteiger charge is 2.31. The van der Waals surface area contributed by atoms with Gasteiger partial charge in [-0.15, -0.1) is 0 Å². The van der Waals surface area contributed by atoms with Gasteiger partial charge in [0.15, 0.2) is 5.78 Å². The first-order valence-corrected chi connectivity index (χ1v) is 14.0. The quantitative estimate of drug-likeness (QED) is 0.415. The number of anilines is 1. The first-order valence-electron chi connectivity index (χ1n) is 11.7. The van der Waals surface area contributed by atoms with E-state index in [9.17, 15) is 22.8 Å². The van der Waals surface area contributed by atoms with Crippen LogP contribution in [0.15, 0.2) is 48.5 Å². The van der Waals surface area contributed by atoms with E-state index in [0.717, 1.165) is 16.1 Å². The summed E-state index contributed by atoms with van der Waals surface area (Å²) in [6.45, 7) is 7.13. The summed E-state index contributed by atoms with van der Waals surface area (Å²) in [6.07, 6.45) is 1.33. The second-order valence-electron chi connectivity index (χ2n) is 9.09. The lowest BCUT2D eigenvalue weighted by Crippen LogP contribution is -2.52. The van der Waals surface area contributed by atoms with Gasteiger partial charge in [-0.1, -0.05) is 56.6 Å². The predicted molar refractivity (Wildman–Crippen MR) is 143 cm³/mol. The van der Waals surface area contributed by atoms with Crippen molar-refractivity contribution in [2.24, 2.45) is 5.92 Å². The molecule has 8 nitrogen and oxygen atoms in total. The highest BCUT2D eigenvalue weighted by Crippen LogP contribution is 2.22. The van der Waals surface area contributed by atoms with E-state index >= 15 is 0 Å². The van der Waals surface area contributed by atoms with Gasteiger partial charge in [-0.3, -0.25) is 18.7 Å². The van der Waals surface area contributed by atoms with Crippen molar-refractivity contribution in [3.63, 3.8) is 0 Å². The fourth-order valence-electron chi connectivity index (χ4n) is 3.62. The van der Waals surface area contributed by atoms with Gasteiger partial charge in [-0.05, 0) is 49.1 Å². The molecule has 1 N–H and O–H groups in total. The molecule has 0 spiro atoms. The van der Waals surface area contributed by atoms with Gasteiger partial charge in [0.25, 0.3) is 0 Å². The third-order valence-corrected chi connectivity index (χ3v) is 6.95. The lowest BCUT2D eigenvalue weighted by molar-refractivity contribution is -0.140. The lowest BCUT2D eigenvalue weighted by Gasteiger charge is -2.33. The number of sulfonamides is 1. The standard InChI is InChI=1S/C26H34ClN3O5S/c1-6-24(26(33)28-15-18(2)3)29(16-20-10-12-22(27)13-11-20)25(32)17-30(36(5,34)35)23-9-7-8-21(14-23)19(4)31/h7-14,18,24H,6,15-17H2,1-5H3,(H,28,33). The first-order chi connectivity index (χ1) is 16.8. The number of rotatable bonds is 12. The molecule has 2 rings (SSSR count). The Bertz CT molecular complexity index is 1180. The highest BCUT2D eigenvalue weighted by atomic mass is 35.5. The molecule has 0 aliphatic rings. The summed E-state index contributed by atoms with van der Waals surface area (Å²) in [6, 6.07) is 12.2. The van der Waals surface area contributed by atoms with Crippen molar-refractivity contribution < 1.29 is 22.8 Å². The lowest BCUT2D eigenvalue weighted by atomic mass is 10.1. The topological polar surface area (TPSA) is 104 Å². The zero-order valence-electron chi connectivity index (χ0n) is 21.3. The van der Waals surface area contributed by atoms with E-state index in [0.29, 0.717) is 23.6 Å². The third kappa shape index (κ3) is 8.34. The van der Waals surface area contributed by atoms with E-state index in [4.69, 9.17) is 11.6 Å². The molecule has 0 heterocycles. The van der Waals surface area contributed by atoms with Crippen molar-refractivity contribution in [2.45, 2.75) is 46.7 Å². The number of benzene rings is 2. The van der Waals surface area contributed by atoms with Crippen LogP contribution in [-0.4, -0.2) is 56.3 Å². The average molecular weight is 536 g/mol. The summed E-state index contributed by atoms with van der Waals surface area (Å²) >= 11 is 6.00.